The standard InChI is InChI=1S/C28H36N8O4S/c1-28(2,3)13-19(26(39)36-14-20(32-33-29)24-23(36)22(37)15-40-24)30-25(38)18-7-5-17(6-8-18)21-16-41-27(31-21)35-11-9-34(4)10-12-35/h5-8,16,19-20,23-24H,9-15H2,1-4H3,(H,30,38)/t19-,20-,23+,24-/m0/s1. The molecular formula is C28H36N8O4S. The first kappa shape index (κ1) is 29.0. The average Bonchev–Trinajstić information content (AvgIpc) is 3.66. The first-order valence-electron chi connectivity index (χ1n) is 13.8. The summed E-state index contributed by atoms with van der Waals surface area (Å²) in [5, 5.41) is 9.69. The van der Waals surface area contributed by atoms with Crippen LogP contribution < -0.4 is 10.2 Å². The number of hydrogen-bond acceptors (Lipinski definition) is 9. The van der Waals surface area contributed by atoms with Crippen molar-refractivity contribution >= 4 is 34.1 Å². The molecule has 0 spiro atoms. The number of Topliss-reactive ketones (excluding diaryl/α,β-unsaturated/α-hetero) is 1. The fourth-order valence-electron chi connectivity index (χ4n) is 5.61. The molecule has 1 N–H and O–H groups in total. The Morgan fingerprint density at radius 1 is 1.22 bits per heavy atom. The Hall–Kier alpha value is -3.51. The number of ether oxygens (including phenoxy) is 1. The molecule has 0 unspecified atom stereocenters. The minimum atomic E-state index is -0.870. The molecular weight excluding hydrogens is 544 g/mol. The van der Waals surface area contributed by atoms with Crippen molar-refractivity contribution in [1.82, 2.24) is 20.1 Å². The van der Waals surface area contributed by atoms with Crippen molar-refractivity contribution in [2.45, 2.75) is 51.4 Å². The van der Waals surface area contributed by atoms with Crippen LogP contribution in [0.2, 0.25) is 0 Å². The second-order valence-electron chi connectivity index (χ2n) is 12.1. The van der Waals surface area contributed by atoms with Crippen LogP contribution in [0.4, 0.5) is 5.13 Å². The van der Waals surface area contributed by atoms with Gasteiger partial charge in [-0.25, -0.2) is 4.98 Å². The molecule has 0 aliphatic carbocycles. The van der Waals surface area contributed by atoms with Crippen molar-refractivity contribution in [2.24, 2.45) is 10.5 Å². The maximum absolute atomic E-state index is 13.8. The van der Waals surface area contributed by atoms with E-state index < -0.39 is 24.2 Å². The zero-order chi connectivity index (χ0) is 29.3. The number of nitrogens with zero attached hydrogens (tertiary/aromatic N) is 7. The fraction of sp³-hybridized carbons (Fsp3) is 0.571. The molecule has 4 atom stereocenters. The normalized spacial score (nSPS) is 23.7. The molecule has 4 heterocycles. The molecule has 1 aromatic heterocycles. The number of amides is 2. The Morgan fingerprint density at radius 2 is 1.93 bits per heavy atom. The quantitative estimate of drug-likeness (QED) is 0.301. The van der Waals surface area contributed by atoms with E-state index in [9.17, 15) is 14.4 Å². The highest BCUT2D eigenvalue weighted by Gasteiger charge is 2.53. The van der Waals surface area contributed by atoms with Crippen molar-refractivity contribution < 1.29 is 19.1 Å². The lowest BCUT2D eigenvalue weighted by atomic mass is 9.87. The summed E-state index contributed by atoms with van der Waals surface area (Å²) >= 11 is 1.62. The number of aromatic nitrogens is 1. The third-order valence-electron chi connectivity index (χ3n) is 7.77. The van der Waals surface area contributed by atoms with Gasteiger partial charge in [-0.3, -0.25) is 14.4 Å². The van der Waals surface area contributed by atoms with Gasteiger partial charge in [-0.1, -0.05) is 38.0 Å². The predicted octanol–water partition coefficient (Wildman–Crippen LogP) is 2.95. The number of anilines is 1. The van der Waals surface area contributed by atoms with Crippen LogP contribution in [-0.4, -0.2) is 103 Å². The van der Waals surface area contributed by atoms with Gasteiger partial charge in [0.1, 0.15) is 18.7 Å². The number of likely N-dealkylation sites (N-methyl/N-ethyl adjacent to an activating group) is 1. The first-order valence-corrected chi connectivity index (χ1v) is 14.7. The number of nitrogens with one attached hydrogen (secondary N) is 1. The summed E-state index contributed by atoms with van der Waals surface area (Å²) in [4.78, 5) is 53.4. The van der Waals surface area contributed by atoms with Gasteiger partial charge in [0.25, 0.3) is 5.91 Å². The van der Waals surface area contributed by atoms with E-state index in [-0.39, 0.29) is 36.2 Å². The SMILES string of the molecule is CN1CCN(c2nc(-c3ccc(C(=O)N[C@@H](CC(C)(C)C)C(=O)N4C[C@H](N=[N+]=[N-])[C@@H]5OCC(=O)[C@H]54)cc3)cs2)CC1. The van der Waals surface area contributed by atoms with Gasteiger partial charge in [-0.2, -0.15) is 0 Å². The first-order chi connectivity index (χ1) is 19.5. The van der Waals surface area contributed by atoms with Crippen LogP contribution in [0.15, 0.2) is 34.8 Å². The summed E-state index contributed by atoms with van der Waals surface area (Å²) in [5.74, 6) is -0.992. The molecule has 0 saturated carbocycles. The largest absolute Gasteiger partial charge is 0.367 e. The van der Waals surface area contributed by atoms with Gasteiger partial charge < -0.3 is 24.8 Å². The van der Waals surface area contributed by atoms with E-state index in [1.807, 2.05) is 38.3 Å². The molecule has 41 heavy (non-hydrogen) atoms. The molecule has 3 aliphatic heterocycles. The van der Waals surface area contributed by atoms with Gasteiger partial charge in [0.2, 0.25) is 5.91 Å². The van der Waals surface area contributed by atoms with Crippen molar-refractivity contribution in [1.29, 1.82) is 0 Å². The maximum Gasteiger partial charge on any atom is 0.251 e. The van der Waals surface area contributed by atoms with Crippen LogP contribution in [0, 0.1) is 5.41 Å². The third kappa shape index (κ3) is 6.38. The predicted molar refractivity (Wildman–Crippen MR) is 156 cm³/mol. The van der Waals surface area contributed by atoms with Gasteiger partial charge in [-0.05, 0) is 36.5 Å². The van der Waals surface area contributed by atoms with Crippen molar-refractivity contribution in [3.05, 3.63) is 45.7 Å². The molecule has 0 bridgehead atoms. The van der Waals surface area contributed by atoms with Crippen molar-refractivity contribution in [3.63, 3.8) is 0 Å². The number of thiazole rings is 1. The van der Waals surface area contributed by atoms with Gasteiger partial charge in [0, 0.05) is 54.1 Å². The lowest BCUT2D eigenvalue weighted by molar-refractivity contribution is -0.138. The van der Waals surface area contributed by atoms with Gasteiger partial charge >= 0.3 is 0 Å². The molecule has 1 aromatic carbocycles. The summed E-state index contributed by atoms with van der Waals surface area (Å²) in [6.07, 6.45) is -0.304. The number of azide groups is 1. The number of likely N-dealkylation sites (tertiary alicyclic amines) is 1. The van der Waals surface area contributed by atoms with E-state index in [4.69, 9.17) is 15.3 Å². The fourth-order valence-corrected chi connectivity index (χ4v) is 6.50. The molecule has 12 nitrogen and oxygen atoms in total. The maximum atomic E-state index is 13.8. The smallest absolute Gasteiger partial charge is 0.251 e. The Balaban J connectivity index is 1.29. The number of carbonyl (C=O) groups excluding carboxylic acids is 3. The van der Waals surface area contributed by atoms with Crippen LogP contribution in [0.25, 0.3) is 21.7 Å². The van der Waals surface area contributed by atoms with Crippen molar-refractivity contribution in [3.8, 4) is 11.3 Å². The monoisotopic (exact) mass is 580 g/mol. The Kier molecular flexibility index (Phi) is 8.32. The molecule has 13 heteroatoms. The van der Waals surface area contributed by atoms with E-state index in [1.165, 1.54) is 4.90 Å². The van der Waals surface area contributed by atoms with E-state index in [2.05, 4.69) is 32.2 Å². The lowest BCUT2D eigenvalue weighted by Crippen LogP contribution is -2.53. The van der Waals surface area contributed by atoms with Crippen LogP contribution in [0.5, 0.6) is 0 Å². The van der Waals surface area contributed by atoms with Crippen LogP contribution in [0.3, 0.4) is 0 Å². The van der Waals surface area contributed by atoms with E-state index in [0.717, 1.165) is 42.6 Å². The second-order valence-corrected chi connectivity index (χ2v) is 13.0. The van der Waals surface area contributed by atoms with Crippen LogP contribution in [0.1, 0.15) is 37.6 Å². The van der Waals surface area contributed by atoms with Crippen LogP contribution in [-0.2, 0) is 14.3 Å². The minimum Gasteiger partial charge on any atom is -0.367 e. The van der Waals surface area contributed by atoms with E-state index in [0.29, 0.717) is 12.0 Å². The minimum absolute atomic E-state index is 0.0684. The van der Waals surface area contributed by atoms with E-state index in [1.54, 1.807) is 23.5 Å². The zero-order valence-corrected chi connectivity index (χ0v) is 24.6. The summed E-state index contributed by atoms with van der Waals surface area (Å²) in [6.45, 7) is 9.80. The third-order valence-corrected chi connectivity index (χ3v) is 8.67. The number of hydrogen-bond donors (Lipinski definition) is 1. The van der Waals surface area contributed by atoms with Gasteiger partial charge in [0.05, 0.1) is 17.8 Å². The number of rotatable bonds is 7. The zero-order valence-electron chi connectivity index (χ0n) is 23.8. The summed E-state index contributed by atoms with van der Waals surface area (Å²) < 4.78 is 5.55. The van der Waals surface area contributed by atoms with Crippen LogP contribution >= 0.6 is 11.3 Å². The number of ketones is 1. The number of benzene rings is 1. The van der Waals surface area contributed by atoms with Gasteiger partial charge in [-0.15, -0.1) is 11.3 Å². The Morgan fingerprint density at radius 3 is 2.59 bits per heavy atom. The summed E-state index contributed by atoms with van der Waals surface area (Å²) in [6, 6.07) is 4.86. The highest BCUT2D eigenvalue weighted by atomic mass is 32.1. The molecule has 2 amide bonds. The highest BCUT2D eigenvalue weighted by Crippen LogP contribution is 2.32. The topological polar surface area (TPSA) is 144 Å². The van der Waals surface area contributed by atoms with E-state index >= 15 is 0 Å². The second kappa shape index (κ2) is 11.8. The number of carbonyl (C=O) groups is 3. The summed E-state index contributed by atoms with van der Waals surface area (Å²) in [7, 11) is 2.12. The molecule has 3 saturated heterocycles. The van der Waals surface area contributed by atoms with Crippen molar-refractivity contribution in [2.75, 3.05) is 51.3 Å². The lowest BCUT2D eigenvalue weighted by Gasteiger charge is -2.32. The Labute approximate surface area is 243 Å². The molecule has 2 aromatic rings. The summed E-state index contributed by atoms with van der Waals surface area (Å²) in [5.41, 5.74) is 10.9. The Bertz CT molecular complexity index is 1340. The average molecular weight is 581 g/mol. The number of piperazine rings is 1. The number of fused-ring (bicyclic) bond motifs is 1. The molecule has 0 radical (unpaired) electrons. The molecule has 218 valence electrons. The molecule has 3 aliphatic rings. The molecule has 5 rings (SSSR count). The van der Waals surface area contributed by atoms with Gasteiger partial charge in [0.15, 0.2) is 10.9 Å². The molecule has 3 fully saturated rings. The highest BCUT2D eigenvalue weighted by molar-refractivity contribution is 7.14.